The molecule has 0 saturated heterocycles. The van der Waals surface area contributed by atoms with Gasteiger partial charge in [0.2, 0.25) is 0 Å². The summed E-state index contributed by atoms with van der Waals surface area (Å²) < 4.78 is 8.38. The first-order valence-corrected chi connectivity index (χ1v) is 1.50. The smallest absolute Gasteiger partial charge is 0 e. The van der Waals surface area contributed by atoms with Gasteiger partial charge in [0.1, 0.15) is 0 Å². The molecule has 0 rings (SSSR count). The van der Waals surface area contributed by atoms with Crippen molar-refractivity contribution in [1.82, 2.24) is 0 Å². The molecule has 0 radical (unpaired) electrons. The van der Waals surface area contributed by atoms with Crippen molar-refractivity contribution in [3.8, 4) is 0 Å². The molecular weight excluding hydrogens is 376 g/mol. The Morgan fingerprint density at radius 3 is 1.00 bits per heavy atom. The molecule has 0 atom stereocenters. The molecule has 22 valence electrons. The summed E-state index contributed by atoms with van der Waals surface area (Å²) in [7, 11) is 0. The van der Waals surface area contributed by atoms with E-state index in [4.69, 9.17) is 3.57 Å². The topological polar surface area (TPSA) is 17.1 Å². The van der Waals surface area contributed by atoms with Crippen LogP contribution in [-0.4, -0.2) is 51.7 Å². The Labute approximate surface area is 91.3 Å². The maximum absolute atomic E-state index is 8.38. The van der Waals surface area contributed by atoms with Crippen molar-refractivity contribution in [2.24, 2.45) is 0 Å². The summed E-state index contributed by atoms with van der Waals surface area (Å²) in [6.45, 7) is 0. The van der Waals surface area contributed by atoms with Crippen molar-refractivity contribution in [2.75, 3.05) is 0 Å². The van der Waals surface area contributed by atoms with Crippen LogP contribution >= 0.6 is 0 Å². The molecule has 0 aromatic rings. The maximum Gasteiger partial charge on any atom is 0 e. The van der Waals surface area contributed by atoms with Crippen molar-refractivity contribution in [2.45, 2.75) is 0 Å². The van der Waals surface area contributed by atoms with Crippen LogP contribution in [0.1, 0.15) is 0 Å². The second kappa shape index (κ2) is 29.3. The monoisotopic (exact) mass is 380 g/mol. The molecule has 0 spiro atoms. The number of hydrogen-bond acceptors (Lipinski definition) is 1. The third-order valence-electron chi connectivity index (χ3n) is 0. The zero-order valence-corrected chi connectivity index (χ0v) is 7.76. The van der Waals surface area contributed by atoms with E-state index in [1.165, 1.54) is 0 Å². The van der Waals surface area contributed by atoms with Gasteiger partial charge in [-0.3, -0.25) is 0 Å². The predicted molar refractivity (Wildman–Crippen MR) is 20.6 cm³/mol. The Kier molecular flexibility index (Phi) is 146. The first-order chi connectivity index (χ1) is 1.00. The van der Waals surface area contributed by atoms with Gasteiger partial charge in [0.15, 0.2) is 0 Å². The fraction of sp³-hybridized carbons (Fsp3) is 0. The molecule has 0 N–H and O–H groups in total. The van der Waals surface area contributed by atoms with E-state index in [0.717, 1.165) is 0 Å². The molecule has 0 fully saturated rings. The minimum Gasteiger partial charge on any atom is 0 e. The fourth-order valence-electron chi connectivity index (χ4n) is 0. The number of hydrogen-bond donors (Lipinski definition) is 0. The van der Waals surface area contributed by atoms with E-state index in [1.807, 2.05) is 0 Å². The van der Waals surface area contributed by atoms with E-state index in [1.54, 1.807) is 0 Å². The van der Waals surface area contributed by atoms with Crippen molar-refractivity contribution in [1.29, 1.82) is 0 Å². The van der Waals surface area contributed by atoms with Crippen LogP contribution in [-0.2, 0) is 41.3 Å². The minimum atomic E-state index is 0. The normalized spacial score (nSPS) is 1.20. The van der Waals surface area contributed by atoms with Crippen LogP contribution in [0.5, 0.6) is 0 Å². The average Bonchev–Trinajstić information content (AvgIpc) is 1.00. The van der Waals surface area contributed by atoms with Crippen LogP contribution in [0, 0.1) is 0 Å². The molecular formula is H6In2OZn2. The molecule has 0 amide bonds. The van der Waals surface area contributed by atoms with Gasteiger partial charge in [0.05, 0.1) is 0 Å². The van der Waals surface area contributed by atoms with Crippen LogP contribution in [0.4, 0.5) is 0 Å². The van der Waals surface area contributed by atoms with E-state index in [9.17, 15) is 0 Å². The maximum atomic E-state index is 8.38. The zero-order chi connectivity index (χ0) is 2.00. The summed E-state index contributed by atoms with van der Waals surface area (Å²) in [5, 5.41) is 0. The second-order valence-corrected chi connectivity index (χ2v) is 0. The van der Waals surface area contributed by atoms with E-state index >= 15 is 0 Å². The van der Waals surface area contributed by atoms with Gasteiger partial charge in [-0.05, 0) is 0 Å². The summed E-state index contributed by atoms with van der Waals surface area (Å²) >= 11 is 0.125. The molecule has 0 bridgehead atoms. The van der Waals surface area contributed by atoms with Gasteiger partial charge in [-0.1, -0.05) is 0 Å². The molecule has 0 aliphatic carbocycles. The Balaban J connectivity index is -0.00000000167. The van der Waals surface area contributed by atoms with Gasteiger partial charge < -0.3 is 0 Å². The van der Waals surface area contributed by atoms with Crippen LogP contribution in [0.2, 0.25) is 0 Å². The first-order valence-electron chi connectivity index (χ1n) is 0.289. The van der Waals surface area contributed by atoms with Gasteiger partial charge in [0, 0.05) is 19.5 Å². The van der Waals surface area contributed by atoms with Gasteiger partial charge >= 0.3 is 73.5 Å². The van der Waals surface area contributed by atoms with Gasteiger partial charge in [-0.2, -0.15) is 0 Å². The summed E-state index contributed by atoms with van der Waals surface area (Å²) in [4.78, 5) is 0. The van der Waals surface area contributed by atoms with Crippen molar-refractivity contribution in [3.63, 3.8) is 0 Å². The zero-order valence-electron chi connectivity index (χ0n) is 1.82. The minimum absolute atomic E-state index is 0. The predicted octanol–water partition coefficient (Wildman–Crippen LogP) is -2.49. The van der Waals surface area contributed by atoms with Crippen LogP contribution in [0.25, 0.3) is 0 Å². The van der Waals surface area contributed by atoms with E-state index in [0.29, 0.717) is 0 Å². The largest absolute Gasteiger partial charge is 0 e. The second-order valence-electron chi connectivity index (χ2n) is 0. The SMILES string of the molecule is [InH3].[InH3].[O]=[Zn].[Zn]. The Hall–Kier alpha value is 2.79. The van der Waals surface area contributed by atoms with E-state index in [-0.39, 0.29) is 89.4 Å². The number of rotatable bonds is 0. The standard InChI is InChI=1S/2In.O.2Zn.6H. The van der Waals surface area contributed by atoms with Gasteiger partial charge in [-0.25, -0.2) is 0 Å². The third kappa shape index (κ3) is 20.0. The summed E-state index contributed by atoms with van der Waals surface area (Å²) in [5.74, 6) is 0. The van der Waals surface area contributed by atoms with Gasteiger partial charge in [0.25, 0.3) is 0 Å². The van der Waals surface area contributed by atoms with Crippen molar-refractivity contribution < 1.29 is 41.3 Å². The molecule has 0 heterocycles. The fourth-order valence-corrected chi connectivity index (χ4v) is 0. The van der Waals surface area contributed by atoms with Crippen LogP contribution in [0.3, 0.4) is 0 Å². The average molecular weight is 382 g/mol. The van der Waals surface area contributed by atoms with Gasteiger partial charge in [-0.15, -0.1) is 0 Å². The Bertz CT molecular complexity index is 7.61. The Morgan fingerprint density at radius 1 is 1.00 bits per heavy atom. The van der Waals surface area contributed by atoms with Crippen LogP contribution < -0.4 is 0 Å². The molecule has 5 heteroatoms. The molecule has 0 aliphatic rings. The van der Waals surface area contributed by atoms with Crippen molar-refractivity contribution in [3.05, 3.63) is 0 Å². The quantitative estimate of drug-likeness (QED) is 0.424. The molecule has 1 nitrogen and oxygen atoms in total. The molecule has 0 unspecified atom stereocenters. The molecule has 0 saturated carbocycles. The Morgan fingerprint density at radius 2 is 1.00 bits per heavy atom. The van der Waals surface area contributed by atoms with E-state index < -0.39 is 0 Å². The summed E-state index contributed by atoms with van der Waals surface area (Å²) in [5.41, 5.74) is 0. The summed E-state index contributed by atoms with van der Waals surface area (Å²) in [6, 6.07) is 0. The molecule has 0 aliphatic heterocycles. The molecule has 0 aromatic carbocycles. The molecule has 0 aromatic heterocycles. The molecule has 5 heavy (non-hydrogen) atoms. The first kappa shape index (κ1) is 25.0. The van der Waals surface area contributed by atoms with E-state index in [2.05, 4.69) is 0 Å². The summed E-state index contributed by atoms with van der Waals surface area (Å²) in [6.07, 6.45) is 0. The van der Waals surface area contributed by atoms with Crippen LogP contribution in [0.15, 0.2) is 0 Å². The third-order valence-corrected chi connectivity index (χ3v) is 0. The van der Waals surface area contributed by atoms with Crippen molar-refractivity contribution >= 4 is 51.7 Å².